The second-order valence-electron chi connectivity index (χ2n) is 17.1. The van der Waals surface area contributed by atoms with Crippen LogP contribution in [-0.2, 0) is 28.6 Å². The number of hydrogen-bond acceptors (Lipinski definition) is 6. The summed E-state index contributed by atoms with van der Waals surface area (Å²) in [5, 5.41) is 0. The zero-order valence-corrected chi connectivity index (χ0v) is 41.1. The van der Waals surface area contributed by atoms with Crippen LogP contribution in [0.5, 0.6) is 0 Å². The first-order chi connectivity index (χ1) is 31.0. The van der Waals surface area contributed by atoms with E-state index >= 15 is 0 Å². The van der Waals surface area contributed by atoms with Crippen molar-refractivity contribution in [2.45, 2.75) is 245 Å². The van der Waals surface area contributed by atoms with Crippen LogP contribution in [0.4, 0.5) is 0 Å². The quantitative estimate of drug-likeness (QED) is 0.0199. The number of hydrogen-bond donors (Lipinski definition) is 0. The number of allylic oxidation sites excluding steroid dienone is 14. The molecule has 6 heteroatoms. The molecule has 63 heavy (non-hydrogen) atoms. The van der Waals surface area contributed by atoms with Gasteiger partial charge in [0.1, 0.15) is 13.2 Å². The first kappa shape index (κ1) is 59.6. The fourth-order valence-electron chi connectivity index (χ4n) is 6.91. The van der Waals surface area contributed by atoms with Crippen LogP contribution >= 0.6 is 0 Å². The van der Waals surface area contributed by atoms with E-state index in [-0.39, 0.29) is 44.0 Å². The van der Waals surface area contributed by atoms with Gasteiger partial charge >= 0.3 is 17.9 Å². The lowest BCUT2D eigenvalue weighted by Gasteiger charge is -2.18. The van der Waals surface area contributed by atoms with Crippen molar-refractivity contribution >= 4 is 17.9 Å². The highest BCUT2D eigenvalue weighted by molar-refractivity contribution is 5.71. The van der Waals surface area contributed by atoms with Crippen molar-refractivity contribution in [1.82, 2.24) is 0 Å². The van der Waals surface area contributed by atoms with E-state index in [1.165, 1.54) is 122 Å². The van der Waals surface area contributed by atoms with E-state index < -0.39 is 6.10 Å². The normalized spacial score (nSPS) is 12.7. The van der Waals surface area contributed by atoms with E-state index in [0.717, 1.165) is 64.2 Å². The van der Waals surface area contributed by atoms with Gasteiger partial charge in [-0.15, -0.1) is 0 Å². The highest BCUT2D eigenvalue weighted by Gasteiger charge is 2.19. The summed E-state index contributed by atoms with van der Waals surface area (Å²) < 4.78 is 16.7. The SMILES string of the molecule is CCCCC/C=C/C=C/CCCCCCCCC(=O)OC(COC(=O)CC/C=C/C/C=C/CCCCCCCC)COC(=O)CCC/C=C/C/C=C/C/C=C/CCCCCCCC. The molecule has 0 aliphatic rings. The Hall–Kier alpha value is -3.41. The molecular weight excluding hydrogens is 781 g/mol. The number of esters is 3. The summed E-state index contributed by atoms with van der Waals surface area (Å²) in [5.41, 5.74) is 0. The van der Waals surface area contributed by atoms with Gasteiger partial charge in [0.15, 0.2) is 6.10 Å². The van der Waals surface area contributed by atoms with E-state index in [0.29, 0.717) is 19.3 Å². The third-order valence-corrected chi connectivity index (χ3v) is 10.9. The standard InChI is InChI=1S/C57H96O6/c1-4-7-10-13-16-19-22-25-27-28-30-32-35-38-41-44-47-50-56(59)62-53-54(52-61-55(58)49-46-43-40-37-34-31-24-21-18-15-12-9-6-3)63-57(60)51-48-45-42-39-36-33-29-26-23-20-17-14-11-8-5-2/h17,20,23,25-27,30-32,34,38,40-41,43,54H,4-16,18-19,21-22,24,28-29,33,35-37,39,42,44-53H2,1-3H3/b20-17+,26-23+,27-25+,32-30+,34-31+,41-38+,43-40+. The molecule has 0 aromatic carbocycles. The van der Waals surface area contributed by atoms with Crippen LogP contribution < -0.4 is 0 Å². The molecule has 6 nitrogen and oxygen atoms in total. The van der Waals surface area contributed by atoms with Gasteiger partial charge in [-0.2, -0.15) is 0 Å². The maximum Gasteiger partial charge on any atom is 0.306 e. The van der Waals surface area contributed by atoms with Crippen molar-refractivity contribution < 1.29 is 28.6 Å². The molecule has 0 amide bonds. The molecule has 0 saturated heterocycles. The molecule has 0 aliphatic heterocycles. The van der Waals surface area contributed by atoms with Crippen molar-refractivity contribution in [2.75, 3.05) is 13.2 Å². The molecule has 0 saturated carbocycles. The minimum Gasteiger partial charge on any atom is -0.462 e. The monoisotopic (exact) mass is 877 g/mol. The van der Waals surface area contributed by atoms with Gasteiger partial charge in [-0.3, -0.25) is 14.4 Å². The van der Waals surface area contributed by atoms with Crippen molar-refractivity contribution in [3.05, 3.63) is 85.1 Å². The van der Waals surface area contributed by atoms with Gasteiger partial charge < -0.3 is 14.2 Å². The fraction of sp³-hybridized carbons (Fsp3) is 0.702. The van der Waals surface area contributed by atoms with Gasteiger partial charge in [-0.25, -0.2) is 0 Å². The second-order valence-corrected chi connectivity index (χ2v) is 17.1. The van der Waals surface area contributed by atoms with Crippen LogP contribution in [0.15, 0.2) is 85.1 Å². The molecule has 0 heterocycles. The molecule has 1 atom stereocenters. The number of unbranched alkanes of at least 4 members (excludes halogenated alkanes) is 22. The predicted octanol–water partition coefficient (Wildman–Crippen LogP) is 17.2. The Morgan fingerprint density at radius 2 is 0.667 bits per heavy atom. The lowest BCUT2D eigenvalue weighted by atomic mass is 10.1. The second kappa shape index (κ2) is 51.2. The van der Waals surface area contributed by atoms with E-state index in [2.05, 4.69) is 99.8 Å². The van der Waals surface area contributed by atoms with E-state index in [9.17, 15) is 14.4 Å². The minimum absolute atomic E-state index is 0.125. The van der Waals surface area contributed by atoms with Gasteiger partial charge in [0.05, 0.1) is 0 Å². The average molecular weight is 877 g/mol. The van der Waals surface area contributed by atoms with E-state index in [4.69, 9.17) is 14.2 Å². The Balaban J connectivity index is 4.54. The Bertz CT molecular complexity index is 1240. The van der Waals surface area contributed by atoms with Crippen molar-refractivity contribution in [1.29, 1.82) is 0 Å². The summed E-state index contributed by atoms with van der Waals surface area (Å²) in [6.45, 7) is 6.48. The molecule has 0 aromatic rings. The molecule has 360 valence electrons. The van der Waals surface area contributed by atoms with Gasteiger partial charge in [0.25, 0.3) is 0 Å². The highest BCUT2D eigenvalue weighted by Crippen LogP contribution is 2.12. The molecule has 0 fully saturated rings. The highest BCUT2D eigenvalue weighted by atomic mass is 16.6. The molecular formula is C57H96O6. The summed E-state index contributed by atoms with van der Waals surface area (Å²) in [6, 6.07) is 0. The maximum atomic E-state index is 12.8. The third-order valence-electron chi connectivity index (χ3n) is 10.9. The van der Waals surface area contributed by atoms with Crippen LogP contribution in [0.25, 0.3) is 0 Å². The number of carbonyl (C=O) groups excluding carboxylic acids is 3. The van der Waals surface area contributed by atoms with Gasteiger partial charge in [-0.05, 0) is 96.3 Å². The van der Waals surface area contributed by atoms with Crippen LogP contribution in [0.3, 0.4) is 0 Å². The van der Waals surface area contributed by atoms with E-state index in [1.54, 1.807) is 0 Å². The first-order valence-electron chi connectivity index (χ1n) is 26.1. The summed E-state index contributed by atoms with van der Waals surface area (Å²) in [5.74, 6) is -1.05. The molecule has 1 unspecified atom stereocenters. The molecule has 0 bridgehead atoms. The van der Waals surface area contributed by atoms with Gasteiger partial charge in [0.2, 0.25) is 0 Å². The largest absolute Gasteiger partial charge is 0.462 e. The Kier molecular flexibility index (Phi) is 48.5. The fourth-order valence-corrected chi connectivity index (χ4v) is 6.91. The molecule has 0 N–H and O–H groups in total. The third kappa shape index (κ3) is 49.5. The minimum atomic E-state index is -0.825. The van der Waals surface area contributed by atoms with Crippen LogP contribution in [0, 0.1) is 0 Å². The number of carbonyl (C=O) groups is 3. The summed E-state index contributed by atoms with van der Waals surface area (Å²) >= 11 is 0. The Morgan fingerprint density at radius 1 is 0.333 bits per heavy atom. The summed E-state index contributed by atoms with van der Waals surface area (Å²) in [6.07, 6.45) is 65.8. The van der Waals surface area contributed by atoms with Gasteiger partial charge in [-0.1, -0.05) is 209 Å². The summed E-state index contributed by atoms with van der Waals surface area (Å²) in [4.78, 5) is 37.9. The van der Waals surface area contributed by atoms with Gasteiger partial charge in [0, 0.05) is 19.3 Å². The van der Waals surface area contributed by atoms with Crippen LogP contribution in [0.1, 0.15) is 239 Å². The molecule has 0 radical (unpaired) electrons. The lowest BCUT2D eigenvalue weighted by Crippen LogP contribution is -2.30. The average Bonchev–Trinajstić information content (AvgIpc) is 3.28. The van der Waals surface area contributed by atoms with Crippen LogP contribution in [-0.4, -0.2) is 37.2 Å². The molecule has 0 aromatic heterocycles. The van der Waals surface area contributed by atoms with Crippen molar-refractivity contribution in [3.8, 4) is 0 Å². The van der Waals surface area contributed by atoms with Crippen molar-refractivity contribution in [3.63, 3.8) is 0 Å². The summed E-state index contributed by atoms with van der Waals surface area (Å²) in [7, 11) is 0. The van der Waals surface area contributed by atoms with Crippen LogP contribution in [0.2, 0.25) is 0 Å². The molecule has 0 spiro atoms. The van der Waals surface area contributed by atoms with Crippen molar-refractivity contribution in [2.24, 2.45) is 0 Å². The Labute approximate surface area is 388 Å². The number of rotatable bonds is 46. The zero-order chi connectivity index (χ0) is 45.8. The number of ether oxygens (including phenoxy) is 3. The van der Waals surface area contributed by atoms with E-state index in [1.807, 2.05) is 6.08 Å². The topological polar surface area (TPSA) is 78.9 Å². The lowest BCUT2D eigenvalue weighted by molar-refractivity contribution is -0.166. The smallest absolute Gasteiger partial charge is 0.306 e. The maximum absolute atomic E-state index is 12.8. The molecule has 0 aliphatic carbocycles. The predicted molar refractivity (Wildman–Crippen MR) is 270 cm³/mol. The first-order valence-corrected chi connectivity index (χ1v) is 26.1. The zero-order valence-electron chi connectivity index (χ0n) is 41.1. The molecule has 0 rings (SSSR count). The Morgan fingerprint density at radius 3 is 1.16 bits per heavy atom.